The van der Waals surface area contributed by atoms with Gasteiger partial charge in [-0.15, -0.1) is 19.0 Å². The smallest absolute Gasteiger partial charge is 0.133 e. The van der Waals surface area contributed by atoms with E-state index < -0.39 is 0 Å². The van der Waals surface area contributed by atoms with Crippen LogP contribution in [0.25, 0.3) is 0 Å². The number of benzene rings is 1. The normalized spacial score (nSPS) is 11.4. The highest BCUT2D eigenvalue weighted by Gasteiger charge is 2.07. The van der Waals surface area contributed by atoms with Gasteiger partial charge in [0.1, 0.15) is 5.75 Å². The second-order valence-electron chi connectivity index (χ2n) is 3.37. The van der Waals surface area contributed by atoms with E-state index in [4.69, 9.17) is 10.5 Å². The van der Waals surface area contributed by atoms with Crippen molar-refractivity contribution in [2.45, 2.75) is 18.9 Å². The van der Waals surface area contributed by atoms with E-state index in [1.165, 1.54) is 0 Å². The molecule has 0 amide bonds. The van der Waals surface area contributed by atoms with E-state index >= 15 is 0 Å². The molecule has 4 heteroatoms. The summed E-state index contributed by atoms with van der Waals surface area (Å²) < 4.78 is 6.10. The first kappa shape index (κ1) is 15.5. The summed E-state index contributed by atoms with van der Waals surface area (Å²) in [7, 11) is 1.65. The standard InChI is InChI=1S/C12H16BrNO.ClH/c1-3-4-5-11(14)9-6-7-12(15-2)10(13)8-9;/h3,6-8,11H,1,4-5,14H2,2H3;1H/t11-;/m1./s1. The molecule has 1 atom stereocenters. The SMILES string of the molecule is C=CCC[C@@H](N)c1ccc(OC)c(Br)c1.Cl. The summed E-state index contributed by atoms with van der Waals surface area (Å²) in [6.07, 6.45) is 3.74. The minimum atomic E-state index is 0. The molecule has 0 heterocycles. The first-order chi connectivity index (χ1) is 7.19. The fraction of sp³-hybridized carbons (Fsp3) is 0.333. The van der Waals surface area contributed by atoms with Gasteiger partial charge in [-0.2, -0.15) is 0 Å². The number of rotatable bonds is 5. The van der Waals surface area contributed by atoms with Crippen LogP contribution in [0.5, 0.6) is 5.75 Å². The van der Waals surface area contributed by atoms with Crippen LogP contribution in [0.15, 0.2) is 35.3 Å². The Balaban J connectivity index is 0.00000225. The second kappa shape index (κ2) is 7.71. The Morgan fingerprint density at radius 3 is 2.75 bits per heavy atom. The molecule has 0 aliphatic carbocycles. The monoisotopic (exact) mass is 305 g/mol. The average Bonchev–Trinajstić information content (AvgIpc) is 2.25. The van der Waals surface area contributed by atoms with Gasteiger partial charge in [0.25, 0.3) is 0 Å². The van der Waals surface area contributed by atoms with Crippen molar-refractivity contribution in [3.05, 3.63) is 40.9 Å². The molecular weight excluding hydrogens is 289 g/mol. The predicted octanol–water partition coefficient (Wildman–Crippen LogP) is 3.85. The van der Waals surface area contributed by atoms with Crippen molar-refractivity contribution < 1.29 is 4.74 Å². The first-order valence-corrected chi connectivity index (χ1v) is 5.68. The summed E-state index contributed by atoms with van der Waals surface area (Å²) in [5.41, 5.74) is 7.15. The van der Waals surface area contributed by atoms with Crippen molar-refractivity contribution in [2.75, 3.05) is 7.11 Å². The molecule has 0 spiro atoms. The molecule has 1 aromatic rings. The van der Waals surface area contributed by atoms with Gasteiger partial charge in [-0.1, -0.05) is 12.1 Å². The Morgan fingerprint density at radius 1 is 1.56 bits per heavy atom. The van der Waals surface area contributed by atoms with Crippen molar-refractivity contribution in [3.8, 4) is 5.75 Å². The lowest BCUT2D eigenvalue weighted by Crippen LogP contribution is -2.09. The molecule has 2 nitrogen and oxygen atoms in total. The Morgan fingerprint density at radius 2 is 2.25 bits per heavy atom. The van der Waals surface area contributed by atoms with Crippen molar-refractivity contribution in [2.24, 2.45) is 5.73 Å². The molecule has 90 valence electrons. The molecule has 0 bridgehead atoms. The maximum Gasteiger partial charge on any atom is 0.133 e. The number of halogens is 2. The van der Waals surface area contributed by atoms with Crippen LogP contribution in [0.2, 0.25) is 0 Å². The van der Waals surface area contributed by atoms with Crippen molar-refractivity contribution in [1.29, 1.82) is 0 Å². The molecule has 0 unspecified atom stereocenters. The molecular formula is C12H17BrClNO. The lowest BCUT2D eigenvalue weighted by molar-refractivity contribution is 0.412. The zero-order chi connectivity index (χ0) is 11.3. The minimum absolute atomic E-state index is 0. The predicted molar refractivity (Wildman–Crippen MR) is 74.3 cm³/mol. The lowest BCUT2D eigenvalue weighted by atomic mass is 10.0. The quantitative estimate of drug-likeness (QED) is 0.839. The zero-order valence-electron chi connectivity index (χ0n) is 9.28. The van der Waals surface area contributed by atoms with Gasteiger partial charge < -0.3 is 10.5 Å². The Bertz CT molecular complexity index is 344. The van der Waals surface area contributed by atoms with E-state index in [-0.39, 0.29) is 18.4 Å². The van der Waals surface area contributed by atoms with Crippen LogP contribution in [0, 0.1) is 0 Å². The van der Waals surface area contributed by atoms with Crippen LogP contribution in [-0.4, -0.2) is 7.11 Å². The highest BCUT2D eigenvalue weighted by molar-refractivity contribution is 9.10. The number of nitrogens with two attached hydrogens (primary N) is 1. The van der Waals surface area contributed by atoms with Crippen LogP contribution in [0.3, 0.4) is 0 Å². The molecule has 0 saturated heterocycles. The van der Waals surface area contributed by atoms with E-state index in [0.29, 0.717) is 0 Å². The number of allylic oxidation sites excluding steroid dienone is 1. The van der Waals surface area contributed by atoms with Gasteiger partial charge in [0, 0.05) is 6.04 Å². The first-order valence-electron chi connectivity index (χ1n) is 4.89. The number of methoxy groups -OCH3 is 1. The van der Waals surface area contributed by atoms with Gasteiger partial charge in [-0.25, -0.2) is 0 Å². The molecule has 0 aromatic heterocycles. The van der Waals surface area contributed by atoms with Crippen LogP contribution in [0.1, 0.15) is 24.4 Å². The van der Waals surface area contributed by atoms with Gasteiger partial charge in [-0.05, 0) is 46.5 Å². The number of ether oxygens (including phenoxy) is 1. The highest BCUT2D eigenvalue weighted by atomic mass is 79.9. The molecule has 1 aromatic carbocycles. The van der Waals surface area contributed by atoms with Crippen molar-refractivity contribution in [1.82, 2.24) is 0 Å². The summed E-state index contributed by atoms with van der Waals surface area (Å²) in [6.45, 7) is 3.69. The second-order valence-corrected chi connectivity index (χ2v) is 4.22. The summed E-state index contributed by atoms with van der Waals surface area (Å²) in [4.78, 5) is 0. The van der Waals surface area contributed by atoms with Crippen LogP contribution in [-0.2, 0) is 0 Å². The van der Waals surface area contributed by atoms with Gasteiger partial charge in [0.15, 0.2) is 0 Å². The van der Waals surface area contributed by atoms with Gasteiger partial charge in [-0.3, -0.25) is 0 Å². The van der Waals surface area contributed by atoms with Crippen molar-refractivity contribution in [3.63, 3.8) is 0 Å². The van der Waals surface area contributed by atoms with Gasteiger partial charge in [0.05, 0.1) is 11.6 Å². The van der Waals surface area contributed by atoms with Gasteiger partial charge in [0.2, 0.25) is 0 Å². The van der Waals surface area contributed by atoms with E-state index in [0.717, 1.165) is 28.6 Å². The molecule has 0 aliphatic heterocycles. The molecule has 0 radical (unpaired) electrons. The third-order valence-electron chi connectivity index (χ3n) is 2.29. The number of hydrogen-bond donors (Lipinski definition) is 1. The van der Waals surface area contributed by atoms with Crippen LogP contribution >= 0.6 is 28.3 Å². The third kappa shape index (κ3) is 4.16. The highest BCUT2D eigenvalue weighted by Crippen LogP contribution is 2.28. The van der Waals surface area contributed by atoms with Crippen LogP contribution < -0.4 is 10.5 Å². The Kier molecular flexibility index (Phi) is 7.47. The maximum absolute atomic E-state index is 6.03. The van der Waals surface area contributed by atoms with E-state index in [9.17, 15) is 0 Å². The summed E-state index contributed by atoms with van der Waals surface area (Å²) in [6, 6.07) is 5.99. The molecule has 0 saturated carbocycles. The molecule has 0 fully saturated rings. The van der Waals surface area contributed by atoms with Crippen molar-refractivity contribution >= 4 is 28.3 Å². The summed E-state index contributed by atoms with van der Waals surface area (Å²) in [5.74, 6) is 0.828. The lowest BCUT2D eigenvalue weighted by Gasteiger charge is -2.12. The Labute approximate surface area is 111 Å². The van der Waals surface area contributed by atoms with Gasteiger partial charge >= 0.3 is 0 Å². The third-order valence-corrected chi connectivity index (χ3v) is 2.91. The topological polar surface area (TPSA) is 35.2 Å². The minimum Gasteiger partial charge on any atom is -0.496 e. The fourth-order valence-electron chi connectivity index (χ4n) is 1.38. The largest absolute Gasteiger partial charge is 0.496 e. The van der Waals surface area contributed by atoms with Crippen LogP contribution in [0.4, 0.5) is 0 Å². The fourth-order valence-corrected chi connectivity index (χ4v) is 1.94. The van der Waals surface area contributed by atoms with E-state index in [1.807, 2.05) is 24.3 Å². The summed E-state index contributed by atoms with van der Waals surface area (Å²) in [5, 5.41) is 0. The average molecular weight is 307 g/mol. The number of hydrogen-bond acceptors (Lipinski definition) is 2. The zero-order valence-corrected chi connectivity index (χ0v) is 11.7. The molecule has 16 heavy (non-hydrogen) atoms. The summed E-state index contributed by atoms with van der Waals surface area (Å²) >= 11 is 3.44. The molecule has 2 N–H and O–H groups in total. The molecule has 0 aliphatic rings. The maximum atomic E-state index is 6.03. The Hall–Kier alpha value is -0.510. The molecule has 1 rings (SSSR count). The van der Waals surface area contributed by atoms with E-state index in [1.54, 1.807) is 7.11 Å². The van der Waals surface area contributed by atoms with E-state index in [2.05, 4.69) is 22.5 Å².